The van der Waals surface area contributed by atoms with Crippen molar-refractivity contribution >= 4 is 0 Å². The van der Waals surface area contributed by atoms with Crippen LogP contribution in [0.1, 0.15) is 12.8 Å². The number of nitrogens with zero attached hydrogens (tertiary/aromatic N) is 1. The molecule has 3 unspecified atom stereocenters. The summed E-state index contributed by atoms with van der Waals surface area (Å²) in [6.07, 6.45) is 2.26. The Morgan fingerprint density at radius 2 is 2.22 bits per heavy atom. The number of hydrogen-bond donors (Lipinski definition) is 1. The Hall–Kier alpha value is -0.0800. The van der Waals surface area contributed by atoms with Crippen LogP contribution in [0.3, 0.4) is 0 Å². The van der Waals surface area contributed by atoms with Gasteiger partial charge in [0.15, 0.2) is 0 Å². The zero-order chi connectivity index (χ0) is 6.43. The van der Waals surface area contributed by atoms with Crippen LogP contribution in [-0.4, -0.2) is 35.7 Å². The van der Waals surface area contributed by atoms with Crippen LogP contribution >= 0.6 is 0 Å². The molecule has 1 aliphatic heterocycles. The maximum atomic E-state index is 9.35. The van der Waals surface area contributed by atoms with Gasteiger partial charge in [-0.1, -0.05) is 0 Å². The third kappa shape index (κ3) is 0.700. The number of aliphatic hydroxyl groups is 1. The molecule has 2 fully saturated rings. The second kappa shape index (κ2) is 1.70. The van der Waals surface area contributed by atoms with E-state index in [1.807, 2.05) is 0 Å². The van der Waals surface area contributed by atoms with Gasteiger partial charge in [-0.05, 0) is 25.8 Å². The quantitative estimate of drug-likeness (QED) is 0.498. The average Bonchev–Trinajstić information content (AvgIpc) is 2.22. The zero-order valence-corrected chi connectivity index (χ0v) is 5.75. The second-order valence-corrected chi connectivity index (χ2v) is 3.41. The van der Waals surface area contributed by atoms with Gasteiger partial charge in [0.25, 0.3) is 0 Å². The van der Waals surface area contributed by atoms with E-state index in [1.165, 1.54) is 13.0 Å². The van der Waals surface area contributed by atoms with E-state index in [-0.39, 0.29) is 6.10 Å². The summed E-state index contributed by atoms with van der Waals surface area (Å²) in [5, 5.41) is 9.35. The summed E-state index contributed by atoms with van der Waals surface area (Å²) in [5.74, 6) is 0.801. The first kappa shape index (κ1) is 5.69. The van der Waals surface area contributed by atoms with E-state index in [1.54, 1.807) is 0 Å². The number of likely N-dealkylation sites (N-methyl/N-ethyl adjacent to an activating group) is 1. The number of piperidine rings is 1. The van der Waals surface area contributed by atoms with Crippen LogP contribution in [0, 0.1) is 5.92 Å². The Morgan fingerprint density at radius 1 is 1.44 bits per heavy atom. The third-order valence-corrected chi connectivity index (χ3v) is 2.71. The summed E-state index contributed by atoms with van der Waals surface area (Å²) < 4.78 is 0. The topological polar surface area (TPSA) is 23.5 Å². The van der Waals surface area contributed by atoms with Gasteiger partial charge in [-0.3, -0.25) is 0 Å². The third-order valence-electron chi connectivity index (χ3n) is 2.71. The van der Waals surface area contributed by atoms with E-state index in [0.717, 1.165) is 12.3 Å². The van der Waals surface area contributed by atoms with Crippen LogP contribution < -0.4 is 0 Å². The van der Waals surface area contributed by atoms with Gasteiger partial charge in [-0.15, -0.1) is 0 Å². The normalized spacial score (nSPS) is 50.7. The molecule has 0 amide bonds. The van der Waals surface area contributed by atoms with E-state index in [2.05, 4.69) is 11.9 Å². The predicted octanol–water partition coefficient (Wildman–Crippen LogP) is 0.0713. The molecule has 1 saturated heterocycles. The summed E-state index contributed by atoms with van der Waals surface area (Å²) in [5.41, 5.74) is 0. The van der Waals surface area contributed by atoms with Crippen molar-refractivity contribution in [3.05, 3.63) is 0 Å². The van der Waals surface area contributed by atoms with Gasteiger partial charge in [0.2, 0.25) is 0 Å². The molecular weight excluding hydrogens is 114 g/mol. The van der Waals surface area contributed by atoms with Gasteiger partial charge in [0.1, 0.15) is 0 Å². The maximum absolute atomic E-state index is 9.35. The molecule has 0 aromatic carbocycles. The minimum Gasteiger partial charge on any atom is -0.391 e. The lowest BCUT2D eigenvalue weighted by Crippen LogP contribution is -2.37. The van der Waals surface area contributed by atoms with Crippen molar-refractivity contribution in [3.8, 4) is 0 Å². The van der Waals surface area contributed by atoms with Crippen molar-refractivity contribution in [2.24, 2.45) is 5.92 Å². The monoisotopic (exact) mass is 127 g/mol. The SMILES string of the molecule is CN1CC2CC(O)C1C2. The Kier molecular flexibility index (Phi) is 1.08. The first-order chi connectivity index (χ1) is 4.27. The molecule has 1 aliphatic carbocycles. The zero-order valence-electron chi connectivity index (χ0n) is 5.75. The molecule has 2 nitrogen and oxygen atoms in total. The van der Waals surface area contributed by atoms with Gasteiger partial charge in [-0.25, -0.2) is 0 Å². The second-order valence-electron chi connectivity index (χ2n) is 3.41. The van der Waals surface area contributed by atoms with Crippen LogP contribution in [0.5, 0.6) is 0 Å². The van der Waals surface area contributed by atoms with Crippen molar-refractivity contribution in [1.82, 2.24) is 4.90 Å². The molecule has 0 aromatic rings. The summed E-state index contributed by atoms with van der Waals surface area (Å²) in [7, 11) is 2.10. The Bertz CT molecular complexity index is 114. The maximum Gasteiger partial charge on any atom is 0.0698 e. The lowest BCUT2D eigenvalue weighted by atomic mass is 10.1. The highest BCUT2D eigenvalue weighted by Crippen LogP contribution is 2.36. The van der Waals surface area contributed by atoms with E-state index in [0.29, 0.717) is 6.04 Å². The van der Waals surface area contributed by atoms with Crippen LogP contribution in [0.25, 0.3) is 0 Å². The molecule has 0 aromatic heterocycles. The first-order valence-corrected chi connectivity index (χ1v) is 3.65. The molecule has 3 atom stereocenters. The fourth-order valence-electron chi connectivity index (χ4n) is 2.26. The minimum absolute atomic E-state index is 0.0197. The molecule has 1 heterocycles. The van der Waals surface area contributed by atoms with Gasteiger partial charge in [0.05, 0.1) is 6.10 Å². The molecule has 1 N–H and O–H groups in total. The highest BCUT2D eigenvalue weighted by Gasteiger charge is 2.41. The standard InChI is InChI=1S/C7H13NO/c1-8-4-5-2-6(8)7(9)3-5/h5-7,9H,2-4H2,1H3. The van der Waals surface area contributed by atoms with Crippen molar-refractivity contribution in [1.29, 1.82) is 0 Å². The Morgan fingerprint density at radius 3 is 2.56 bits per heavy atom. The summed E-state index contributed by atoms with van der Waals surface area (Å²) in [6, 6.07) is 0.495. The molecule has 2 bridgehead atoms. The number of fused-ring (bicyclic) bond motifs is 2. The van der Waals surface area contributed by atoms with E-state index >= 15 is 0 Å². The van der Waals surface area contributed by atoms with Gasteiger partial charge in [-0.2, -0.15) is 0 Å². The predicted molar refractivity (Wildman–Crippen MR) is 35.1 cm³/mol. The van der Waals surface area contributed by atoms with Crippen LogP contribution in [0.2, 0.25) is 0 Å². The van der Waals surface area contributed by atoms with Crippen molar-refractivity contribution in [2.45, 2.75) is 25.0 Å². The molecule has 2 aliphatic rings. The highest BCUT2D eigenvalue weighted by atomic mass is 16.3. The summed E-state index contributed by atoms with van der Waals surface area (Å²) >= 11 is 0. The molecule has 9 heavy (non-hydrogen) atoms. The van der Waals surface area contributed by atoms with Gasteiger partial charge in [0, 0.05) is 12.6 Å². The smallest absolute Gasteiger partial charge is 0.0698 e. The van der Waals surface area contributed by atoms with Crippen LogP contribution in [0.4, 0.5) is 0 Å². The van der Waals surface area contributed by atoms with Crippen molar-refractivity contribution in [2.75, 3.05) is 13.6 Å². The fraction of sp³-hybridized carbons (Fsp3) is 1.00. The van der Waals surface area contributed by atoms with Gasteiger partial charge >= 0.3 is 0 Å². The molecule has 52 valence electrons. The number of likely N-dealkylation sites (tertiary alicyclic amines) is 1. The highest BCUT2D eigenvalue weighted by molar-refractivity contribution is 4.96. The molecule has 1 saturated carbocycles. The largest absolute Gasteiger partial charge is 0.391 e. The fourth-order valence-corrected chi connectivity index (χ4v) is 2.26. The van der Waals surface area contributed by atoms with E-state index < -0.39 is 0 Å². The van der Waals surface area contributed by atoms with Crippen molar-refractivity contribution < 1.29 is 5.11 Å². The van der Waals surface area contributed by atoms with Crippen LogP contribution in [0.15, 0.2) is 0 Å². The molecule has 2 heteroatoms. The van der Waals surface area contributed by atoms with Crippen LogP contribution in [-0.2, 0) is 0 Å². The lowest BCUT2D eigenvalue weighted by molar-refractivity contribution is 0.0714. The molecule has 0 spiro atoms. The number of hydrogen-bond acceptors (Lipinski definition) is 2. The van der Waals surface area contributed by atoms with Gasteiger partial charge < -0.3 is 10.0 Å². The van der Waals surface area contributed by atoms with Crippen molar-refractivity contribution in [3.63, 3.8) is 0 Å². The number of rotatable bonds is 0. The average molecular weight is 127 g/mol. The first-order valence-electron chi connectivity index (χ1n) is 3.65. The molecule has 2 rings (SSSR count). The minimum atomic E-state index is -0.0197. The summed E-state index contributed by atoms with van der Waals surface area (Å²) in [4.78, 5) is 2.28. The summed E-state index contributed by atoms with van der Waals surface area (Å²) in [6.45, 7) is 1.21. The molecule has 0 radical (unpaired) electrons. The lowest BCUT2D eigenvalue weighted by Gasteiger charge is -2.25. The number of aliphatic hydroxyl groups excluding tert-OH is 1. The van der Waals surface area contributed by atoms with E-state index in [4.69, 9.17) is 0 Å². The van der Waals surface area contributed by atoms with E-state index in [9.17, 15) is 5.11 Å². The Labute approximate surface area is 55.5 Å². The Balaban J connectivity index is 2.13. The molecular formula is C7H13NO.